The summed E-state index contributed by atoms with van der Waals surface area (Å²) in [5, 5.41) is 0.723. The number of aromatic nitrogens is 2. The molecule has 1 heterocycles. The smallest absolute Gasteiger partial charge is 0.138 e. The van der Waals surface area contributed by atoms with Crippen molar-refractivity contribution in [2.24, 2.45) is 0 Å². The quantitative estimate of drug-likeness (QED) is 0.682. The Morgan fingerprint density at radius 3 is 2.72 bits per heavy atom. The van der Waals surface area contributed by atoms with Crippen molar-refractivity contribution < 1.29 is 0 Å². The zero-order valence-electron chi connectivity index (χ0n) is 10.3. The van der Waals surface area contributed by atoms with Crippen LogP contribution >= 0.6 is 11.6 Å². The second-order valence-electron chi connectivity index (χ2n) is 4.57. The van der Waals surface area contributed by atoms with Crippen LogP contribution in [0.3, 0.4) is 0 Å². The van der Waals surface area contributed by atoms with Crippen molar-refractivity contribution in [2.75, 3.05) is 0 Å². The minimum Gasteiger partial charge on any atom is -0.338 e. The lowest BCUT2D eigenvalue weighted by molar-refractivity contribution is 1.33. The number of rotatable bonds is 1. The van der Waals surface area contributed by atoms with Crippen LogP contribution in [0.25, 0.3) is 22.4 Å². The van der Waals surface area contributed by atoms with Gasteiger partial charge in [0.05, 0.1) is 11.0 Å². The van der Waals surface area contributed by atoms with E-state index in [0.717, 1.165) is 27.4 Å². The molecule has 0 unspecified atom stereocenters. The van der Waals surface area contributed by atoms with Crippen molar-refractivity contribution in [3.05, 3.63) is 52.5 Å². The molecule has 3 rings (SSSR count). The molecule has 0 aliphatic heterocycles. The van der Waals surface area contributed by atoms with Gasteiger partial charge in [0.25, 0.3) is 0 Å². The zero-order valence-corrected chi connectivity index (χ0v) is 11.0. The van der Waals surface area contributed by atoms with Gasteiger partial charge in [-0.2, -0.15) is 0 Å². The van der Waals surface area contributed by atoms with E-state index in [-0.39, 0.29) is 0 Å². The lowest BCUT2D eigenvalue weighted by Crippen LogP contribution is -1.80. The van der Waals surface area contributed by atoms with Crippen LogP contribution in [0.1, 0.15) is 11.1 Å². The monoisotopic (exact) mass is 256 g/mol. The summed E-state index contributed by atoms with van der Waals surface area (Å²) in [6, 6.07) is 12.0. The van der Waals surface area contributed by atoms with Gasteiger partial charge >= 0.3 is 0 Å². The largest absolute Gasteiger partial charge is 0.338 e. The number of fused-ring (bicyclic) bond motifs is 1. The normalized spacial score (nSPS) is 11.1. The van der Waals surface area contributed by atoms with Crippen LogP contribution in [-0.4, -0.2) is 9.97 Å². The number of benzene rings is 2. The molecule has 3 heteroatoms. The Morgan fingerprint density at radius 1 is 1.11 bits per heavy atom. The molecule has 0 aliphatic carbocycles. The highest BCUT2D eigenvalue weighted by Gasteiger charge is 2.08. The van der Waals surface area contributed by atoms with Gasteiger partial charge in [0.2, 0.25) is 0 Å². The molecule has 0 radical (unpaired) electrons. The second kappa shape index (κ2) is 4.14. The molecule has 0 saturated heterocycles. The number of H-pyrrole nitrogens is 1. The summed E-state index contributed by atoms with van der Waals surface area (Å²) >= 11 is 6.01. The number of nitrogens with zero attached hydrogens (tertiary/aromatic N) is 1. The van der Waals surface area contributed by atoms with Crippen molar-refractivity contribution in [1.29, 1.82) is 0 Å². The lowest BCUT2D eigenvalue weighted by atomic mass is 10.1. The van der Waals surface area contributed by atoms with Crippen molar-refractivity contribution in [1.82, 2.24) is 9.97 Å². The van der Waals surface area contributed by atoms with Crippen LogP contribution in [-0.2, 0) is 0 Å². The molecule has 0 amide bonds. The lowest BCUT2D eigenvalue weighted by Gasteiger charge is -1.96. The number of aromatic amines is 1. The molecule has 0 spiro atoms. The van der Waals surface area contributed by atoms with Gasteiger partial charge in [0.15, 0.2) is 0 Å². The minimum atomic E-state index is 0.723. The number of halogens is 1. The minimum absolute atomic E-state index is 0.723. The van der Waals surface area contributed by atoms with Crippen molar-refractivity contribution in [2.45, 2.75) is 13.8 Å². The summed E-state index contributed by atoms with van der Waals surface area (Å²) in [6.45, 7) is 4.17. The zero-order chi connectivity index (χ0) is 12.7. The van der Waals surface area contributed by atoms with Crippen LogP contribution in [0.15, 0.2) is 36.4 Å². The van der Waals surface area contributed by atoms with E-state index in [9.17, 15) is 0 Å². The van der Waals surface area contributed by atoms with Gasteiger partial charge < -0.3 is 4.98 Å². The molecule has 2 aromatic carbocycles. The van der Waals surface area contributed by atoms with E-state index in [1.54, 1.807) is 0 Å². The van der Waals surface area contributed by atoms with Gasteiger partial charge in [-0.3, -0.25) is 0 Å². The van der Waals surface area contributed by atoms with Crippen molar-refractivity contribution in [3.8, 4) is 11.4 Å². The van der Waals surface area contributed by atoms with Gasteiger partial charge in [0, 0.05) is 10.6 Å². The van der Waals surface area contributed by atoms with Gasteiger partial charge in [-0.1, -0.05) is 29.8 Å². The molecule has 0 bridgehead atoms. The number of nitrogens with one attached hydrogen (secondary N) is 1. The van der Waals surface area contributed by atoms with E-state index in [1.165, 1.54) is 11.1 Å². The number of imidazole rings is 1. The Bertz CT molecular complexity index is 728. The third-order valence-corrected chi connectivity index (χ3v) is 3.25. The average Bonchev–Trinajstić information content (AvgIpc) is 2.73. The fraction of sp³-hybridized carbons (Fsp3) is 0.133. The molecule has 0 aliphatic rings. The van der Waals surface area contributed by atoms with Gasteiger partial charge in [-0.25, -0.2) is 4.98 Å². The SMILES string of the molecule is Cc1cc(C)c2nc(-c3cccc(Cl)c3)[nH]c2c1. The summed E-state index contributed by atoms with van der Waals surface area (Å²) in [4.78, 5) is 8.00. The third-order valence-electron chi connectivity index (χ3n) is 3.02. The fourth-order valence-electron chi connectivity index (χ4n) is 2.24. The first-order valence-corrected chi connectivity index (χ1v) is 6.24. The summed E-state index contributed by atoms with van der Waals surface area (Å²) in [6.07, 6.45) is 0. The fourth-order valence-corrected chi connectivity index (χ4v) is 2.43. The van der Waals surface area contributed by atoms with Gasteiger partial charge in [-0.05, 0) is 43.2 Å². The molecule has 90 valence electrons. The highest BCUT2D eigenvalue weighted by atomic mass is 35.5. The standard InChI is InChI=1S/C15H13ClN2/c1-9-6-10(2)14-13(7-9)17-15(18-14)11-4-3-5-12(16)8-11/h3-8H,1-2H3,(H,17,18). The Kier molecular flexibility index (Phi) is 2.60. The Labute approximate surface area is 111 Å². The Morgan fingerprint density at radius 2 is 1.94 bits per heavy atom. The summed E-state index contributed by atoms with van der Waals surface area (Å²) in [5.74, 6) is 0.862. The first-order valence-electron chi connectivity index (χ1n) is 5.86. The predicted molar refractivity (Wildman–Crippen MR) is 76.0 cm³/mol. The second-order valence-corrected chi connectivity index (χ2v) is 5.01. The average molecular weight is 257 g/mol. The summed E-state index contributed by atoms with van der Waals surface area (Å²) in [5.41, 5.74) is 5.53. The molecule has 3 aromatic rings. The summed E-state index contributed by atoms with van der Waals surface area (Å²) < 4.78 is 0. The molecular formula is C15H13ClN2. The van der Waals surface area contributed by atoms with Crippen LogP contribution in [0.2, 0.25) is 5.02 Å². The number of hydrogen-bond acceptors (Lipinski definition) is 1. The maximum absolute atomic E-state index is 6.01. The van der Waals surface area contributed by atoms with E-state index in [4.69, 9.17) is 11.6 Å². The number of hydrogen-bond donors (Lipinski definition) is 1. The van der Waals surface area contributed by atoms with Crippen LogP contribution in [0.4, 0.5) is 0 Å². The van der Waals surface area contributed by atoms with Crippen molar-refractivity contribution in [3.63, 3.8) is 0 Å². The molecule has 0 saturated carbocycles. The number of aryl methyl sites for hydroxylation is 2. The molecule has 1 N–H and O–H groups in total. The maximum Gasteiger partial charge on any atom is 0.138 e. The predicted octanol–water partition coefficient (Wildman–Crippen LogP) is 4.50. The Balaban J connectivity index is 2.22. The molecule has 0 fully saturated rings. The van der Waals surface area contributed by atoms with E-state index in [2.05, 4.69) is 35.9 Å². The van der Waals surface area contributed by atoms with Gasteiger partial charge in [-0.15, -0.1) is 0 Å². The maximum atomic E-state index is 6.01. The topological polar surface area (TPSA) is 28.7 Å². The van der Waals surface area contributed by atoms with Crippen LogP contribution < -0.4 is 0 Å². The van der Waals surface area contributed by atoms with E-state index < -0.39 is 0 Å². The molecular weight excluding hydrogens is 244 g/mol. The van der Waals surface area contributed by atoms with Crippen molar-refractivity contribution >= 4 is 22.6 Å². The molecule has 1 aromatic heterocycles. The van der Waals surface area contributed by atoms with E-state index in [0.29, 0.717) is 0 Å². The first-order chi connectivity index (χ1) is 8.63. The third kappa shape index (κ3) is 1.89. The Hall–Kier alpha value is -1.80. The molecule has 18 heavy (non-hydrogen) atoms. The van der Waals surface area contributed by atoms with E-state index >= 15 is 0 Å². The van der Waals surface area contributed by atoms with Crippen LogP contribution in [0.5, 0.6) is 0 Å². The summed E-state index contributed by atoms with van der Waals surface area (Å²) in [7, 11) is 0. The highest BCUT2D eigenvalue weighted by Crippen LogP contribution is 2.25. The first kappa shape index (κ1) is 11.3. The molecule has 2 nitrogen and oxygen atoms in total. The molecule has 0 atom stereocenters. The van der Waals surface area contributed by atoms with Crippen LogP contribution in [0, 0.1) is 13.8 Å². The van der Waals surface area contributed by atoms with E-state index in [1.807, 2.05) is 24.3 Å². The van der Waals surface area contributed by atoms with Gasteiger partial charge in [0.1, 0.15) is 5.82 Å². The highest BCUT2D eigenvalue weighted by molar-refractivity contribution is 6.30.